The predicted octanol–water partition coefficient (Wildman–Crippen LogP) is 1.40. The van der Waals surface area contributed by atoms with Gasteiger partial charge in [0.25, 0.3) is 0 Å². The van der Waals surface area contributed by atoms with Gasteiger partial charge in [-0.05, 0) is 18.9 Å². The quantitative estimate of drug-likeness (QED) is 0.815. The SMILES string of the molecule is CCc1cc(CN2CCN(C(C#N)CC)CC2)n(C)n1. The minimum Gasteiger partial charge on any atom is -0.295 e. The predicted molar refractivity (Wildman–Crippen MR) is 79.1 cm³/mol. The molecule has 1 aliphatic rings. The lowest BCUT2D eigenvalue weighted by atomic mass is 10.2. The zero-order chi connectivity index (χ0) is 14.5. The average molecular weight is 275 g/mol. The molecule has 0 N–H and O–H groups in total. The summed E-state index contributed by atoms with van der Waals surface area (Å²) in [6, 6.07) is 4.69. The lowest BCUT2D eigenvalue weighted by Crippen LogP contribution is -2.49. The van der Waals surface area contributed by atoms with Gasteiger partial charge in [-0.25, -0.2) is 0 Å². The molecule has 1 aromatic heterocycles. The highest BCUT2D eigenvalue weighted by Gasteiger charge is 2.23. The maximum Gasteiger partial charge on any atom is 0.0976 e. The first-order chi connectivity index (χ1) is 9.67. The molecule has 5 heteroatoms. The van der Waals surface area contributed by atoms with Crippen molar-refractivity contribution in [1.29, 1.82) is 5.26 Å². The van der Waals surface area contributed by atoms with Crippen LogP contribution >= 0.6 is 0 Å². The van der Waals surface area contributed by atoms with Crippen LogP contribution in [0.5, 0.6) is 0 Å². The molecule has 1 unspecified atom stereocenters. The van der Waals surface area contributed by atoms with E-state index in [2.05, 4.69) is 40.9 Å². The number of nitriles is 1. The molecule has 1 aliphatic heterocycles. The van der Waals surface area contributed by atoms with Crippen LogP contribution in [0.2, 0.25) is 0 Å². The Hall–Kier alpha value is -1.38. The summed E-state index contributed by atoms with van der Waals surface area (Å²) in [6.45, 7) is 9.23. The molecule has 2 heterocycles. The second kappa shape index (κ2) is 6.87. The number of hydrogen-bond acceptors (Lipinski definition) is 4. The highest BCUT2D eigenvalue weighted by molar-refractivity contribution is 5.10. The molecule has 0 spiro atoms. The van der Waals surface area contributed by atoms with Crippen LogP contribution in [0.1, 0.15) is 31.7 Å². The van der Waals surface area contributed by atoms with Gasteiger partial charge in [0, 0.05) is 39.8 Å². The Morgan fingerprint density at radius 1 is 1.30 bits per heavy atom. The molecule has 0 bridgehead atoms. The van der Waals surface area contributed by atoms with Crippen LogP contribution in [-0.2, 0) is 20.0 Å². The fraction of sp³-hybridized carbons (Fsp3) is 0.733. The topological polar surface area (TPSA) is 48.1 Å². The summed E-state index contributed by atoms with van der Waals surface area (Å²) in [7, 11) is 2.02. The van der Waals surface area contributed by atoms with Gasteiger partial charge in [-0.1, -0.05) is 13.8 Å². The molecular weight excluding hydrogens is 250 g/mol. The molecule has 0 saturated carbocycles. The summed E-state index contributed by atoms with van der Waals surface area (Å²) in [5, 5.41) is 13.6. The molecule has 0 aromatic carbocycles. The van der Waals surface area contributed by atoms with E-state index < -0.39 is 0 Å². The molecule has 5 nitrogen and oxygen atoms in total. The van der Waals surface area contributed by atoms with E-state index >= 15 is 0 Å². The summed E-state index contributed by atoms with van der Waals surface area (Å²) < 4.78 is 2.00. The highest BCUT2D eigenvalue weighted by atomic mass is 15.3. The Bertz CT molecular complexity index is 465. The number of nitrogens with zero attached hydrogens (tertiary/aromatic N) is 5. The van der Waals surface area contributed by atoms with E-state index in [0.717, 1.165) is 51.3 Å². The number of aryl methyl sites for hydroxylation is 2. The Balaban J connectivity index is 1.88. The Labute approximate surface area is 121 Å². The van der Waals surface area contributed by atoms with Crippen molar-refractivity contribution in [3.63, 3.8) is 0 Å². The van der Waals surface area contributed by atoms with Gasteiger partial charge in [-0.3, -0.25) is 14.5 Å². The Morgan fingerprint density at radius 3 is 2.50 bits per heavy atom. The third-order valence-corrected chi connectivity index (χ3v) is 4.16. The van der Waals surface area contributed by atoms with Crippen molar-refractivity contribution in [2.75, 3.05) is 26.2 Å². The molecule has 1 fully saturated rings. The molecule has 1 aromatic rings. The van der Waals surface area contributed by atoms with Crippen molar-refractivity contribution in [2.24, 2.45) is 7.05 Å². The first-order valence-electron chi connectivity index (χ1n) is 7.55. The average Bonchev–Trinajstić information content (AvgIpc) is 2.82. The maximum atomic E-state index is 9.13. The van der Waals surface area contributed by atoms with Crippen LogP contribution in [0.15, 0.2) is 6.07 Å². The second-order valence-electron chi connectivity index (χ2n) is 5.47. The largest absolute Gasteiger partial charge is 0.295 e. The normalized spacial score (nSPS) is 18.9. The molecule has 1 atom stereocenters. The smallest absolute Gasteiger partial charge is 0.0976 e. The van der Waals surface area contributed by atoms with Crippen molar-refractivity contribution < 1.29 is 0 Å². The van der Waals surface area contributed by atoms with E-state index in [0.29, 0.717) is 0 Å². The monoisotopic (exact) mass is 275 g/mol. The number of aromatic nitrogens is 2. The van der Waals surface area contributed by atoms with Crippen LogP contribution in [-0.4, -0.2) is 51.8 Å². The number of rotatable bonds is 5. The summed E-state index contributed by atoms with van der Waals surface area (Å²) in [4.78, 5) is 4.76. The first-order valence-corrected chi connectivity index (χ1v) is 7.55. The minimum atomic E-state index is 0.0838. The molecule has 0 radical (unpaired) electrons. The van der Waals surface area contributed by atoms with Crippen LogP contribution in [0.3, 0.4) is 0 Å². The Morgan fingerprint density at radius 2 is 2.00 bits per heavy atom. The van der Waals surface area contributed by atoms with Gasteiger partial charge >= 0.3 is 0 Å². The van der Waals surface area contributed by atoms with Crippen LogP contribution in [0.4, 0.5) is 0 Å². The standard InChI is InChI=1S/C15H25N5/c1-4-13-10-15(18(3)17-13)12-19-6-8-20(9-7-19)14(5-2)11-16/h10,14H,4-9,12H2,1-3H3. The van der Waals surface area contributed by atoms with E-state index in [4.69, 9.17) is 5.26 Å². The lowest BCUT2D eigenvalue weighted by molar-refractivity contribution is 0.106. The molecule has 20 heavy (non-hydrogen) atoms. The van der Waals surface area contributed by atoms with Crippen LogP contribution < -0.4 is 0 Å². The molecule has 110 valence electrons. The van der Waals surface area contributed by atoms with E-state index in [1.54, 1.807) is 0 Å². The summed E-state index contributed by atoms with van der Waals surface area (Å²) in [5.41, 5.74) is 2.44. The maximum absolute atomic E-state index is 9.13. The third kappa shape index (κ3) is 3.38. The van der Waals surface area contributed by atoms with Crippen molar-refractivity contribution in [1.82, 2.24) is 19.6 Å². The van der Waals surface area contributed by atoms with Crippen molar-refractivity contribution in [2.45, 2.75) is 39.3 Å². The third-order valence-electron chi connectivity index (χ3n) is 4.16. The van der Waals surface area contributed by atoms with Crippen molar-refractivity contribution >= 4 is 0 Å². The van der Waals surface area contributed by atoms with Gasteiger partial charge in [-0.15, -0.1) is 0 Å². The van der Waals surface area contributed by atoms with Crippen LogP contribution in [0, 0.1) is 11.3 Å². The summed E-state index contributed by atoms with van der Waals surface area (Å²) >= 11 is 0. The molecular formula is C15H25N5. The van der Waals surface area contributed by atoms with Gasteiger partial charge in [-0.2, -0.15) is 10.4 Å². The minimum absolute atomic E-state index is 0.0838. The summed E-state index contributed by atoms with van der Waals surface area (Å²) in [6.07, 6.45) is 1.90. The number of hydrogen-bond donors (Lipinski definition) is 0. The summed E-state index contributed by atoms with van der Waals surface area (Å²) in [5.74, 6) is 0. The zero-order valence-electron chi connectivity index (χ0n) is 12.8. The Kier molecular flexibility index (Phi) is 5.16. The fourth-order valence-electron chi connectivity index (χ4n) is 2.79. The molecule has 0 aliphatic carbocycles. The van der Waals surface area contributed by atoms with Gasteiger partial charge in [0.05, 0.1) is 23.5 Å². The van der Waals surface area contributed by atoms with E-state index in [1.807, 2.05) is 11.7 Å². The van der Waals surface area contributed by atoms with E-state index in [1.165, 1.54) is 5.69 Å². The lowest BCUT2D eigenvalue weighted by Gasteiger charge is -2.36. The second-order valence-corrected chi connectivity index (χ2v) is 5.47. The zero-order valence-corrected chi connectivity index (χ0v) is 12.8. The fourth-order valence-corrected chi connectivity index (χ4v) is 2.79. The van der Waals surface area contributed by atoms with Crippen LogP contribution in [0.25, 0.3) is 0 Å². The van der Waals surface area contributed by atoms with Gasteiger partial charge < -0.3 is 0 Å². The van der Waals surface area contributed by atoms with Gasteiger partial charge in [0.2, 0.25) is 0 Å². The molecule has 2 rings (SSSR count). The van der Waals surface area contributed by atoms with Crippen molar-refractivity contribution in [3.05, 3.63) is 17.5 Å². The highest BCUT2D eigenvalue weighted by Crippen LogP contribution is 2.12. The van der Waals surface area contributed by atoms with Crippen molar-refractivity contribution in [3.8, 4) is 6.07 Å². The van der Waals surface area contributed by atoms with E-state index in [9.17, 15) is 0 Å². The molecule has 0 amide bonds. The van der Waals surface area contributed by atoms with Gasteiger partial charge in [0.15, 0.2) is 0 Å². The number of piperazine rings is 1. The first kappa shape index (κ1) is 15.0. The molecule has 1 saturated heterocycles. The van der Waals surface area contributed by atoms with E-state index in [-0.39, 0.29) is 6.04 Å². The van der Waals surface area contributed by atoms with Gasteiger partial charge in [0.1, 0.15) is 0 Å².